The monoisotopic (exact) mass is 144 g/mol. The minimum absolute atomic E-state index is 0.456. The topological polar surface area (TPSA) is 40.5 Å². The fraction of sp³-hybridized carbons (Fsp3) is 1.00. The molecule has 1 aliphatic rings. The van der Waals surface area contributed by atoms with E-state index in [4.69, 9.17) is 5.11 Å². The zero-order chi connectivity index (χ0) is 7.56. The molecule has 0 aromatic heterocycles. The fourth-order valence-electron chi connectivity index (χ4n) is 1.59. The molecule has 0 heterocycles. The van der Waals surface area contributed by atoms with Crippen LogP contribution in [0.2, 0.25) is 0 Å². The van der Waals surface area contributed by atoms with Gasteiger partial charge in [0.15, 0.2) is 0 Å². The van der Waals surface area contributed by atoms with Gasteiger partial charge in [-0.1, -0.05) is 13.3 Å². The van der Waals surface area contributed by atoms with E-state index in [0.717, 1.165) is 25.7 Å². The van der Waals surface area contributed by atoms with Crippen molar-refractivity contribution in [3.63, 3.8) is 0 Å². The summed E-state index contributed by atoms with van der Waals surface area (Å²) in [6, 6.07) is 0. The summed E-state index contributed by atoms with van der Waals surface area (Å²) in [5, 5.41) is 18.4. The maximum atomic E-state index is 9.23. The Morgan fingerprint density at radius 3 is 2.40 bits per heavy atom. The van der Waals surface area contributed by atoms with E-state index in [2.05, 4.69) is 6.92 Å². The molecule has 3 atom stereocenters. The Kier molecular flexibility index (Phi) is 2.69. The van der Waals surface area contributed by atoms with Gasteiger partial charge in [-0.3, -0.25) is 0 Å². The third-order valence-electron chi connectivity index (χ3n) is 2.47. The normalized spacial score (nSPS) is 41.7. The van der Waals surface area contributed by atoms with Crippen molar-refractivity contribution in [3.8, 4) is 0 Å². The number of hydrogen-bond donors (Lipinski definition) is 2. The van der Waals surface area contributed by atoms with Gasteiger partial charge in [-0.15, -0.1) is 0 Å². The second-order valence-electron chi connectivity index (χ2n) is 3.22. The van der Waals surface area contributed by atoms with Crippen molar-refractivity contribution >= 4 is 0 Å². The van der Waals surface area contributed by atoms with Crippen LogP contribution in [-0.4, -0.2) is 22.4 Å². The molecule has 2 N–H and O–H groups in total. The first-order chi connectivity index (χ1) is 4.74. The summed E-state index contributed by atoms with van der Waals surface area (Å²) in [6.45, 7) is 2.13. The molecule has 0 aromatic rings. The first kappa shape index (κ1) is 8.02. The highest BCUT2D eigenvalue weighted by Gasteiger charge is 2.25. The van der Waals surface area contributed by atoms with E-state index >= 15 is 0 Å². The van der Waals surface area contributed by atoms with Crippen molar-refractivity contribution < 1.29 is 10.2 Å². The van der Waals surface area contributed by atoms with Gasteiger partial charge < -0.3 is 10.2 Å². The Balaban J connectivity index is 2.33. The smallest absolute Gasteiger partial charge is 0.0801 e. The van der Waals surface area contributed by atoms with Gasteiger partial charge in [-0.25, -0.2) is 0 Å². The van der Waals surface area contributed by atoms with E-state index in [1.54, 1.807) is 0 Å². The minimum Gasteiger partial charge on any atom is -0.390 e. The van der Waals surface area contributed by atoms with Crippen LogP contribution in [0.15, 0.2) is 0 Å². The lowest BCUT2D eigenvalue weighted by Crippen LogP contribution is -2.33. The number of aliphatic hydroxyl groups is 2. The summed E-state index contributed by atoms with van der Waals surface area (Å²) >= 11 is 0. The highest BCUT2D eigenvalue weighted by atomic mass is 16.3. The van der Waals surface area contributed by atoms with E-state index < -0.39 is 12.2 Å². The third-order valence-corrected chi connectivity index (χ3v) is 2.47. The Morgan fingerprint density at radius 2 is 1.90 bits per heavy atom. The zero-order valence-corrected chi connectivity index (χ0v) is 6.45. The predicted molar refractivity (Wildman–Crippen MR) is 39.6 cm³/mol. The second-order valence-corrected chi connectivity index (χ2v) is 3.22. The first-order valence-electron chi connectivity index (χ1n) is 4.10. The highest BCUT2D eigenvalue weighted by Crippen LogP contribution is 2.26. The van der Waals surface area contributed by atoms with Crippen molar-refractivity contribution in [2.45, 2.75) is 44.8 Å². The summed E-state index contributed by atoms with van der Waals surface area (Å²) in [7, 11) is 0. The fourth-order valence-corrected chi connectivity index (χ4v) is 1.59. The largest absolute Gasteiger partial charge is 0.390 e. The van der Waals surface area contributed by atoms with Crippen LogP contribution in [0.4, 0.5) is 0 Å². The van der Waals surface area contributed by atoms with Gasteiger partial charge in [-0.2, -0.15) is 0 Å². The summed E-state index contributed by atoms with van der Waals surface area (Å²) in [5.41, 5.74) is 0. The highest BCUT2D eigenvalue weighted by molar-refractivity contribution is 4.78. The Morgan fingerprint density at radius 1 is 1.20 bits per heavy atom. The summed E-state index contributed by atoms with van der Waals surface area (Å²) in [5.74, 6) is 0.637. The van der Waals surface area contributed by atoms with E-state index in [0.29, 0.717) is 5.92 Å². The van der Waals surface area contributed by atoms with Crippen LogP contribution < -0.4 is 0 Å². The van der Waals surface area contributed by atoms with Crippen LogP contribution in [0.1, 0.15) is 32.6 Å². The molecule has 0 amide bonds. The molecule has 1 saturated carbocycles. The van der Waals surface area contributed by atoms with Crippen molar-refractivity contribution in [3.05, 3.63) is 0 Å². The van der Waals surface area contributed by atoms with Gasteiger partial charge >= 0.3 is 0 Å². The van der Waals surface area contributed by atoms with E-state index in [9.17, 15) is 5.11 Å². The number of hydrogen-bond acceptors (Lipinski definition) is 2. The third kappa shape index (κ3) is 1.70. The lowest BCUT2D eigenvalue weighted by atomic mass is 9.84. The molecule has 3 unspecified atom stereocenters. The molecule has 0 spiro atoms. The van der Waals surface area contributed by atoms with Crippen LogP contribution in [0, 0.1) is 5.92 Å². The average molecular weight is 144 g/mol. The molecule has 0 bridgehead atoms. The van der Waals surface area contributed by atoms with Crippen LogP contribution in [0.3, 0.4) is 0 Å². The van der Waals surface area contributed by atoms with E-state index in [1.807, 2.05) is 0 Å². The molecule has 1 fully saturated rings. The first-order valence-corrected chi connectivity index (χ1v) is 4.10. The molecule has 60 valence electrons. The Labute approximate surface area is 61.9 Å². The summed E-state index contributed by atoms with van der Waals surface area (Å²) in [6.07, 6.45) is 2.86. The number of rotatable bonds is 1. The van der Waals surface area contributed by atoms with Crippen LogP contribution in [-0.2, 0) is 0 Å². The van der Waals surface area contributed by atoms with Gasteiger partial charge in [0, 0.05) is 0 Å². The molecule has 2 heteroatoms. The summed E-state index contributed by atoms with van der Waals surface area (Å²) < 4.78 is 0. The average Bonchev–Trinajstić information content (AvgIpc) is 1.95. The molecule has 0 saturated heterocycles. The second kappa shape index (κ2) is 3.35. The SMILES string of the molecule is CCC1CCC(O)C(O)C1. The van der Waals surface area contributed by atoms with E-state index in [-0.39, 0.29) is 0 Å². The van der Waals surface area contributed by atoms with Crippen LogP contribution in [0.5, 0.6) is 0 Å². The molecule has 1 rings (SSSR count). The minimum atomic E-state index is -0.460. The molecular formula is C8H16O2. The van der Waals surface area contributed by atoms with Gasteiger partial charge in [-0.05, 0) is 25.2 Å². The van der Waals surface area contributed by atoms with Crippen molar-refractivity contribution in [2.75, 3.05) is 0 Å². The van der Waals surface area contributed by atoms with Crippen molar-refractivity contribution in [2.24, 2.45) is 5.92 Å². The summed E-state index contributed by atoms with van der Waals surface area (Å²) in [4.78, 5) is 0. The Bertz CT molecular complexity index is 103. The van der Waals surface area contributed by atoms with Crippen LogP contribution >= 0.6 is 0 Å². The zero-order valence-electron chi connectivity index (χ0n) is 6.45. The van der Waals surface area contributed by atoms with Gasteiger partial charge in [0.2, 0.25) is 0 Å². The molecule has 1 aliphatic carbocycles. The quantitative estimate of drug-likeness (QED) is 0.574. The lowest BCUT2D eigenvalue weighted by molar-refractivity contribution is -0.0257. The maximum Gasteiger partial charge on any atom is 0.0801 e. The van der Waals surface area contributed by atoms with E-state index in [1.165, 1.54) is 0 Å². The molecule has 0 aliphatic heterocycles. The van der Waals surface area contributed by atoms with Crippen LogP contribution in [0.25, 0.3) is 0 Å². The predicted octanol–water partition coefficient (Wildman–Crippen LogP) is 0.918. The lowest BCUT2D eigenvalue weighted by Gasteiger charge is -2.29. The van der Waals surface area contributed by atoms with Gasteiger partial charge in [0.1, 0.15) is 0 Å². The van der Waals surface area contributed by atoms with Gasteiger partial charge in [0.25, 0.3) is 0 Å². The molecule has 0 aromatic carbocycles. The molecule has 0 radical (unpaired) electrons. The molecule has 2 nitrogen and oxygen atoms in total. The maximum absolute atomic E-state index is 9.23. The van der Waals surface area contributed by atoms with Crippen molar-refractivity contribution in [1.29, 1.82) is 0 Å². The molecular weight excluding hydrogens is 128 g/mol. The van der Waals surface area contributed by atoms with Gasteiger partial charge in [0.05, 0.1) is 12.2 Å². The van der Waals surface area contributed by atoms with Crippen molar-refractivity contribution in [1.82, 2.24) is 0 Å². The number of aliphatic hydroxyl groups excluding tert-OH is 2. The molecule has 10 heavy (non-hydrogen) atoms. The Hall–Kier alpha value is -0.0800. The standard InChI is InChI=1S/C8H16O2/c1-2-6-3-4-7(9)8(10)5-6/h6-10H,2-5H2,1H3.